The summed E-state index contributed by atoms with van der Waals surface area (Å²) in [5.74, 6) is 4.93. The number of benzene rings is 2. The number of nitrogens with one attached hydrogen (secondary N) is 1. The third kappa shape index (κ3) is 6.62. The van der Waals surface area contributed by atoms with Gasteiger partial charge in [-0.15, -0.1) is 0 Å². The predicted octanol–water partition coefficient (Wildman–Crippen LogP) is 5.47. The first-order chi connectivity index (χ1) is 23.0. The molecule has 1 spiro atoms. The summed E-state index contributed by atoms with van der Waals surface area (Å²) in [6.07, 6.45) is 7.41. The van der Waals surface area contributed by atoms with Gasteiger partial charge in [0.1, 0.15) is 5.75 Å². The SMILES string of the molecule is C=S1(=O)NC(=O)c2ccc3c(c2)N(C[C@@H]2CC[C@H]2[C@](O)(CN2CCOCC2)CCC[C@H](C)[C@H]1C)C[C@@]1(CCCc2cc(Cl)ccc21)CO3. The third-order valence-corrected chi connectivity index (χ3v) is 14.8. The van der Waals surface area contributed by atoms with Gasteiger partial charge in [0.15, 0.2) is 0 Å². The lowest BCUT2D eigenvalue weighted by Gasteiger charge is -2.51. The highest BCUT2D eigenvalue weighted by Gasteiger charge is 2.49. The Morgan fingerprint density at radius 2 is 1.90 bits per heavy atom. The Hall–Kier alpha value is -2.30. The average molecular weight is 698 g/mol. The smallest absolute Gasteiger partial charge is 0.262 e. The van der Waals surface area contributed by atoms with Gasteiger partial charge in [0, 0.05) is 54.0 Å². The fourth-order valence-corrected chi connectivity index (χ4v) is 10.9. The van der Waals surface area contributed by atoms with Gasteiger partial charge in [0.25, 0.3) is 5.91 Å². The van der Waals surface area contributed by atoms with Crippen molar-refractivity contribution in [2.24, 2.45) is 17.8 Å². The normalized spacial score (nSPS) is 36.2. The highest BCUT2D eigenvalue weighted by atomic mass is 35.5. The second kappa shape index (κ2) is 13.4. The minimum Gasteiger partial charge on any atom is -0.490 e. The van der Waals surface area contributed by atoms with Crippen molar-refractivity contribution in [3.05, 3.63) is 58.1 Å². The molecule has 1 amide bonds. The number of morpholine rings is 1. The Balaban J connectivity index is 1.29. The van der Waals surface area contributed by atoms with Crippen LogP contribution in [0.1, 0.15) is 80.3 Å². The lowest BCUT2D eigenvalue weighted by Crippen LogP contribution is -2.58. The Morgan fingerprint density at radius 3 is 2.67 bits per heavy atom. The summed E-state index contributed by atoms with van der Waals surface area (Å²) in [7, 11) is -2.94. The van der Waals surface area contributed by atoms with Gasteiger partial charge in [-0.05, 0) is 117 Å². The zero-order chi connectivity index (χ0) is 33.7. The molecular weight excluding hydrogens is 646 g/mol. The summed E-state index contributed by atoms with van der Waals surface area (Å²) in [5, 5.41) is 13.1. The topological polar surface area (TPSA) is 91.3 Å². The quantitative estimate of drug-likeness (QED) is 0.403. The number of fused-ring (bicyclic) bond motifs is 4. The number of carbonyl (C=O) groups excluding carboxylic acids is 1. The fourth-order valence-electron chi connectivity index (χ4n) is 9.21. The van der Waals surface area contributed by atoms with E-state index in [0.717, 1.165) is 87.6 Å². The molecule has 7 atom stereocenters. The van der Waals surface area contributed by atoms with Crippen LogP contribution in [0.4, 0.5) is 5.69 Å². The number of hydrogen-bond acceptors (Lipinski definition) is 7. The maximum atomic E-state index is 13.9. The molecule has 2 bridgehead atoms. The van der Waals surface area contributed by atoms with Gasteiger partial charge in [-0.25, -0.2) is 4.21 Å². The van der Waals surface area contributed by atoms with E-state index in [-0.39, 0.29) is 28.4 Å². The molecule has 2 N–H and O–H groups in total. The standard InChI is InChI=1S/C38H52ClN3O5S/c1-26-6-4-15-38(44,24-41-16-18-46-19-17-41)33-11-8-30(33)22-42-23-37(14-5-7-28-20-31(39)10-12-32(28)37)25-47-35-13-9-29(21-34(35)42)36(43)40-48(3,45)27(26)2/h9-10,12-13,20-21,26-27,30,33,44H,3-8,11,14-19,22-25H2,1-2H3,(H,40,43,45)/t26-,27+,30-,33+,37-,38+,48?/m0/s1. The Bertz CT molecular complexity index is 1630. The zero-order valence-corrected chi connectivity index (χ0v) is 30.1. The fraction of sp³-hybridized carbons (Fsp3) is 0.632. The van der Waals surface area contributed by atoms with Crippen LogP contribution in [-0.2, 0) is 26.3 Å². The third-order valence-electron chi connectivity index (χ3n) is 12.4. The number of amides is 1. The summed E-state index contributed by atoms with van der Waals surface area (Å²) in [6.45, 7) is 9.76. The Labute approximate surface area is 291 Å². The van der Waals surface area contributed by atoms with Crippen LogP contribution < -0.4 is 14.4 Å². The van der Waals surface area contributed by atoms with Crippen molar-refractivity contribution < 1.29 is 23.6 Å². The lowest BCUT2D eigenvalue weighted by atomic mass is 9.62. The van der Waals surface area contributed by atoms with Gasteiger partial charge in [-0.2, -0.15) is 0 Å². The molecule has 2 aliphatic carbocycles. The van der Waals surface area contributed by atoms with Crippen molar-refractivity contribution in [3.8, 4) is 5.75 Å². The summed E-state index contributed by atoms with van der Waals surface area (Å²) in [4.78, 5) is 18.5. The molecule has 2 aromatic carbocycles. The molecule has 1 unspecified atom stereocenters. The van der Waals surface area contributed by atoms with E-state index >= 15 is 0 Å². The lowest BCUT2D eigenvalue weighted by molar-refractivity contribution is -0.115. The first kappa shape index (κ1) is 34.2. The molecule has 7 rings (SSSR count). The van der Waals surface area contributed by atoms with E-state index in [4.69, 9.17) is 21.1 Å². The minimum atomic E-state index is -2.94. The van der Waals surface area contributed by atoms with Crippen LogP contribution in [0, 0.1) is 17.8 Å². The molecule has 10 heteroatoms. The van der Waals surface area contributed by atoms with E-state index in [1.54, 1.807) is 6.07 Å². The van der Waals surface area contributed by atoms with Crippen LogP contribution in [0.3, 0.4) is 0 Å². The zero-order valence-electron chi connectivity index (χ0n) is 28.6. The molecule has 1 saturated carbocycles. The highest BCUT2D eigenvalue weighted by Crippen LogP contribution is 2.49. The van der Waals surface area contributed by atoms with Crippen molar-refractivity contribution in [2.45, 2.75) is 81.5 Å². The van der Waals surface area contributed by atoms with Crippen LogP contribution in [0.15, 0.2) is 36.4 Å². The Morgan fingerprint density at radius 1 is 1.08 bits per heavy atom. The number of halogens is 1. The average Bonchev–Trinajstić information content (AvgIpc) is 3.19. The van der Waals surface area contributed by atoms with Crippen molar-refractivity contribution in [1.82, 2.24) is 9.62 Å². The molecule has 8 nitrogen and oxygen atoms in total. The monoisotopic (exact) mass is 697 g/mol. The molecule has 1 saturated heterocycles. The van der Waals surface area contributed by atoms with E-state index in [2.05, 4.69) is 39.4 Å². The molecular formula is C38H52ClN3O5S. The Kier molecular flexibility index (Phi) is 9.56. The summed E-state index contributed by atoms with van der Waals surface area (Å²) < 4.78 is 29.1. The van der Waals surface area contributed by atoms with E-state index in [1.807, 2.05) is 25.1 Å². The maximum absolute atomic E-state index is 13.9. The van der Waals surface area contributed by atoms with Crippen LogP contribution in [0.5, 0.6) is 5.75 Å². The van der Waals surface area contributed by atoms with Crippen molar-refractivity contribution in [3.63, 3.8) is 0 Å². The van der Waals surface area contributed by atoms with Crippen LogP contribution in [-0.4, -0.2) is 89.4 Å². The highest BCUT2D eigenvalue weighted by molar-refractivity contribution is 7.99. The van der Waals surface area contributed by atoms with E-state index in [9.17, 15) is 14.1 Å². The summed E-state index contributed by atoms with van der Waals surface area (Å²) in [5.41, 5.74) is 2.84. The predicted molar refractivity (Wildman–Crippen MR) is 194 cm³/mol. The number of hydrogen-bond donors (Lipinski definition) is 2. The number of rotatable bonds is 2. The van der Waals surface area contributed by atoms with Crippen LogP contribution in [0.25, 0.3) is 0 Å². The maximum Gasteiger partial charge on any atom is 0.262 e. The second-order valence-electron chi connectivity index (χ2n) is 15.5. The van der Waals surface area contributed by atoms with Gasteiger partial charge in [-0.1, -0.05) is 31.0 Å². The number of aryl methyl sites for hydroxylation is 1. The van der Waals surface area contributed by atoms with Crippen LogP contribution >= 0.6 is 11.6 Å². The molecule has 5 aliphatic rings. The van der Waals surface area contributed by atoms with E-state index in [1.165, 1.54) is 11.1 Å². The number of carbonyl (C=O) groups is 1. The molecule has 2 fully saturated rings. The summed E-state index contributed by atoms with van der Waals surface area (Å²) >= 11 is 6.47. The number of nitrogens with zero attached hydrogens (tertiary/aromatic N) is 2. The largest absolute Gasteiger partial charge is 0.490 e. The van der Waals surface area contributed by atoms with Crippen molar-refractivity contribution >= 4 is 38.8 Å². The number of β-amino-alcohol motifs (C(OH)–C–C–N with tert-alkyl or cyclic N) is 1. The molecule has 262 valence electrons. The van der Waals surface area contributed by atoms with Crippen molar-refractivity contribution in [2.75, 3.05) is 57.4 Å². The molecule has 3 aliphatic heterocycles. The van der Waals surface area contributed by atoms with Crippen molar-refractivity contribution in [1.29, 1.82) is 0 Å². The van der Waals surface area contributed by atoms with Gasteiger partial charge in [0.2, 0.25) is 0 Å². The van der Waals surface area contributed by atoms with E-state index in [0.29, 0.717) is 44.3 Å². The second-order valence-corrected chi connectivity index (χ2v) is 18.3. The first-order valence-electron chi connectivity index (χ1n) is 18.0. The molecule has 3 heterocycles. The minimum absolute atomic E-state index is 0.0633. The number of anilines is 1. The van der Waals surface area contributed by atoms with Gasteiger partial charge < -0.3 is 19.5 Å². The molecule has 0 radical (unpaired) electrons. The number of ether oxygens (including phenoxy) is 2. The van der Waals surface area contributed by atoms with E-state index < -0.39 is 15.3 Å². The molecule has 48 heavy (non-hydrogen) atoms. The van der Waals surface area contributed by atoms with Crippen LogP contribution in [0.2, 0.25) is 5.02 Å². The van der Waals surface area contributed by atoms with Gasteiger partial charge in [0.05, 0.1) is 40.8 Å². The van der Waals surface area contributed by atoms with Gasteiger partial charge in [-0.3, -0.25) is 14.4 Å². The first-order valence-corrected chi connectivity index (χ1v) is 20.1. The van der Waals surface area contributed by atoms with Gasteiger partial charge >= 0.3 is 0 Å². The summed E-state index contributed by atoms with van der Waals surface area (Å²) in [6, 6.07) is 11.9. The number of aliphatic hydroxyl groups is 1. The molecule has 0 aromatic heterocycles. The molecule has 2 aromatic rings.